The molecule has 88 valence electrons. The van der Waals surface area contributed by atoms with Crippen LogP contribution in [0.25, 0.3) is 0 Å². The smallest absolute Gasteiger partial charge is 0.379 e. The van der Waals surface area contributed by atoms with Gasteiger partial charge in [0.15, 0.2) is 4.67 Å². The molecule has 2 aromatic rings. The van der Waals surface area contributed by atoms with Gasteiger partial charge in [0.1, 0.15) is 5.75 Å². The summed E-state index contributed by atoms with van der Waals surface area (Å²) >= 11 is 3.13. The molecule has 0 aliphatic heterocycles. The predicted octanol–water partition coefficient (Wildman–Crippen LogP) is 3.88. The Hall–Kier alpha value is -1.55. The van der Waals surface area contributed by atoms with Crippen LogP contribution in [0.4, 0.5) is 0 Å². The molecule has 1 aromatic heterocycles. The quantitative estimate of drug-likeness (QED) is 0.623. The van der Waals surface area contributed by atoms with Gasteiger partial charge >= 0.3 is 5.97 Å². The third-order valence-electron chi connectivity index (χ3n) is 2.18. The maximum absolute atomic E-state index is 11.7. The molecule has 0 spiro atoms. The van der Waals surface area contributed by atoms with E-state index in [1.807, 2.05) is 32.0 Å². The first kappa shape index (κ1) is 11.9. The highest BCUT2D eigenvalue weighted by Gasteiger charge is 2.13. The molecule has 0 amide bonds. The summed E-state index contributed by atoms with van der Waals surface area (Å²) in [6, 6.07) is 8.85. The number of esters is 1. The summed E-state index contributed by atoms with van der Waals surface area (Å²) in [6.45, 7) is 3.90. The molecule has 0 aliphatic rings. The summed E-state index contributed by atoms with van der Waals surface area (Å²) in [4.78, 5) is 11.7. The molecular weight excluding hydrogens is 284 g/mol. The molecule has 1 heterocycles. The molecule has 0 saturated heterocycles. The first-order valence-electron chi connectivity index (χ1n) is 5.10. The van der Waals surface area contributed by atoms with Crippen LogP contribution in [0.15, 0.2) is 39.4 Å². The standard InChI is InChI=1S/C13H11BrO3/c1-8-5-9(2)7-10(6-8)16-13(15)11-3-4-12(14)17-11/h3-7H,1-2H3. The van der Waals surface area contributed by atoms with E-state index in [2.05, 4.69) is 15.9 Å². The van der Waals surface area contributed by atoms with E-state index in [0.717, 1.165) is 11.1 Å². The van der Waals surface area contributed by atoms with Gasteiger partial charge in [0.05, 0.1) is 0 Å². The summed E-state index contributed by atoms with van der Waals surface area (Å²) in [7, 11) is 0. The lowest BCUT2D eigenvalue weighted by molar-refractivity contribution is 0.0700. The molecule has 0 aliphatic carbocycles. The van der Waals surface area contributed by atoms with Gasteiger partial charge in [-0.2, -0.15) is 0 Å². The predicted molar refractivity (Wildman–Crippen MR) is 67.3 cm³/mol. The molecule has 0 saturated carbocycles. The number of hydrogen-bond acceptors (Lipinski definition) is 3. The van der Waals surface area contributed by atoms with E-state index in [1.165, 1.54) is 0 Å². The van der Waals surface area contributed by atoms with Crippen LogP contribution in [-0.2, 0) is 0 Å². The minimum absolute atomic E-state index is 0.177. The highest BCUT2D eigenvalue weighted by Crippen LogP contribution is 2.19. The summed E-state index contributed by atoms with van der Waals surface area (Å²) in [5.41, 5.74) is 2.10. The lowest BCUT2D eigenvalue weighted by Gasteiger charge is -2.04. The minimum atomic E-state index is -0.499. The zero-order chi connectivity index (χ0) is 12.4. The van der Waals surface area contributed by atoms with Gasteiger partial charge in [0, 0.05) is 0 Å². The van der Waals surface area contributed by atoms with Crippen LogP contribution in [0.5, 0.6) is 5.75 Å². The topological polar surface area (TPSA) is 39.4 Å². The number of halogens is 1. The van der Waals surface area contributed by atoms with Gasteiger partial charge in [-0.05, 0) is 65.2 Å². The van der Waals surface area contributed by atoms with E-state index in [4.69, 9.17) is 9.15 Å². The number of rotatable bonds is 2. The summed E-state index contributed by atoms with van der Waals surface area (Å²) in [5, 5.41) is 0. The van der Waals surface area contributed by atoms with Crippen molar-refractivity contribution in [2.75, 3.05) is 0 Å². The fraction of sp³-hybridized carbons (Fsp3) is 0.154. The zero-order valence-corrected chi connectivity index (χ0v) is 11.1. The van der Waals surface area contributed by atoms with Crippen LogP contribution in [0.1, 0.15) is 21.7 Å². The zero-order valence-electron chi connectivity index (χ0n) is 9.49. The van der Waals surface area contributed by atoms with Gasteiger partial charge in [0.25, 0.3) is 0 Å². The summed E-state index contributed by atoms with van der Waals surface area (Å²) in [5.74, 6) is 0.205. The second-order valence-electron chi connectivity index (χ2n) is 3.82. The first-order valence-corrected chi connectivity index (χ1v) is 5.90. The number of hydrogen-bond donors (Lipinski definition) is 0. The van der Waals surface area contributed by atoms with Crippen molar-refractivity contribution in [1.82, 2.24) is 0 Å². The lowest BCUT2D eigenvalue weighted by Crippen LogP contribution is -2.07. The summed E-state index contributed by atoms with van der Waals surface area (Å²) in [6.07, 6.45) is 0. The van der Waals surface area contributed by atoms with E-state index < -0.39 is 5.97 Å². The van der Waals surface area contributed by atoms with E-state index >= 15 is 0 Å². The molecule has 0 N–H and O–H groups in total. The fourth-order valence-electron chi connectivity index (χ4n) is 1.57. The van der Waals surface area contributed by atoms with Crippen LogP contribution in [0.2, 0.25) is 0 Å². The number of benzene rings is 1. The van der Waals surface area contributed by atoms with Crippen molar-refractivity contribution in [3.63, 3.8) is 0 Å². The molecule has 17 heavy (non-hydrogen) atoms. The second-order valence-corrected chi connectivity index (χ2v) is 4.60. The molecule has 1 aromatic carbocycles. The van der Waals surface area contributed by atoms with Crippen molar-refractivity contribution in [2.24, 2.45) is 0 Å². The Morgan fingerprint density at radius 1 is 1.18 bits per heavy atom. The fourth-order valence-corrected chi connectivity index (χ4v) is 1.88. The van der Waals surface area contributed by atoms with Gasteiger partial charge < -0.3 is 9.15 Å². The Morgan fingerprint density at radius 2 is 1.82 bits per heavy atom. The van der Waals surface area contributed by atoms with Gasteiger partial charge in [0.2, 0.25) is 5.76 Å². The minimum Gasteiger partial charge on any atom is -0.442 e. The van der Waals surface area contributed by atoms with E-state index in [9.17, 15) is 4.79 Å². The van der Waals surface area contributed by atoms with Gasteiger partial charge in [-0.1, -0.05) is 6.07 Å². The number of carbonyl (C=O) groups is 1. The maximum Gasteiger partial charge on any atom is 0.379 e. The first-order chi connectivity index (χ1) is 8.04. The Kier molecular flexibility index (Phi) is 3.33. The lowest BCUT2D eigenvalue weighted by atomic mass is 10.1. The Morgan fingerprint density at radius 3 is 2.35 bits per heavy atom. The van der Waals surface area contributed by atoms with E-state index in [-0.39, 0.29) is 5.76 Å². The summed E-state index contributed by atoms with van der Waals surface area (Å²) < 4.78 is 10.8. The number of furan rings is 1. The molecule has 0 radical (unpaired) electrons. The van der Waals surface area contributed by atoms with Crippen LogP contribution < -0.4 is 4.74 Å². The van der Waals surface area contributed by atoms with Gasteiger partial charge in [-0.15, -0.1) is 0 Å². The Balaban J connectivity index is 2.18. The van der Waals surface area contributed by atoms with Crippen molar-refractivity contribution in [3.05, 3.63) is 51.9 Å². The second kappa shape index (κ2) is 4.75. The maximum atomic E-state index is 11.7. The normalized spacial score (nSPS) is 10.3. The molecule has 0 atom stereocenters. The largest absolute Gasteiger partial charge is 0.442 e. The highest BCUT2D eigenvalue weighted by molar-refractivity contribution is 9.10. The molecule has 0 fully saturated rings. The van der Waals surface area contributed by atoms with Crippen molar-refractivity contribution in [2.45, 2.75) is 13.8 Å². The van der Waals surface area contributed by atoms with Crippen LogP contribution in [0.3, 0.4) is 0 Å². The molecule has 0 unspecified atom stereocenters. The van der Waals surface area contributed by atoms with Crippen molar-refractivity contribution < 1.29 is 13.9 Å². The number of aryl methyl sites for hydroxylation is 2. The average Bonchev–Trinajstić information content (AvgIpc) is 2.63. The molecule has 4 heteroatoms. The van der Waals surface area contributed by atoms with Crippen LogP contribution in [0, 0.1) is 13.8 Å². The third-order valence-corrected chi connectivity index (χ3v) is 2.61. The Labute approximate surface area is 108 Å². The average molecular weight is 295 g/mol. The number of carbonyl (C=O) groups excluding carboxylic acids is 1. The Bertz CT molecular complexity index is 537. The van der Waals surface area contributed by atoms with Crippen LogP contribution in [-0.4, -0.2) is 5.97 Å². The third kappa shape index (κ3) is 2.97. The van der Waals surface area contributed by atoms with Crippen LogP contribution >= 0.6 is 15.9 Å². The van der Waals surface area contributed by atoms with Crippen molar-refractivity contribution in [1.29, 1.82) is 0 Å². The number of ether oxygens (including phenoxy) is 1. The molecule has 0 bridgehead atoms. The van der Waals surface area contributed by atoms with Crippen molar-refractivity contribution >= 4 is 21.9 Å². The SMILES string of the molecule is Cc1cc(C)cc(OC(=O)c2ccc(Br)o2)c1. The highest BCUT2D eigenvalue weighted by atomic mass is 79.9. The molecule has 3 nitrogen and oxygen atoms in total. The molecular formula is C13H11BrO3. The van der Waals surface area contributed by atoms with E-state index in [0.29, 0.717) is 10.4 Å². The monoisotopic (exact) mass is 294 g/mol. The van der Waals surface area contributed by atoms with Gasteiger partial charge in [-0.3, -0.25) is 0 Å². The molecule has 2 rings (SSSR count). The van der Waals surface area contributed by atoms with Crippen molar-refractivity contribution in [3.8, 4) is 5.75 Å². The van der Waals surface area contributed by atoms with Gasteiger partial charge in [-0.25, -0.2) is 4.79 Å². The van der Waals surface area contributed by atoms with E-state index in [1.54, 1.807) is 12.1 Å².